The van der Waals surface area contributed by atoms with E-state index in [0.717, 1.165) is 12.1 Å². The van der Waals surface area contributed by atoms with E-state index in [1.54, 1.807) is 0 Å². The number of nitrogens with zero attached hydrogens (tertiary/aromatic N) is 1. The Labute approximate surface area is 84.6 Å². The highest BCUT2D eigenvalue weighted by Gasteiger charge is 2.15. The van der Waals surface area contributed by atoms with Crippen LogP contribution in [0, 0.1) is 11.3 Å². The quantitative estimate of drug-likeness (QED) is 0.768. The van der Waals surface area contributed by atoms with Crippen molar-refractivity contribution in [1.29, 1.82) is 5.26 Å². The summed E-state index contributed by atoms with van der Waals surface area (Å²) in [5.74, 6) is 0. The van der Waals surface area contributed by atoms with E-state index in [4.69, 9.17) is 5.26 Å². The van der Waals surface area contributed by atoms with Gasteiger partial charge in [-0.15, -0.1) is 0 Å². The summed E-state index contributed by atoms with van der Waals surface area (Å²) in [4.78, 5) is 0. The topological polar surface area (TPSA) is 35.8 Å². The number of nitriles is 1. The van der Waals surface area contributed by atoms with Gasteiger partial charge in [0, 0.05) is 6.04 Å². The highest BCUT2D eigenvalue weighted by molar-refractivity contribution is 5.28. The minimum Gasteiger partial charge on any atom is -0.310 e. The summed E-state index contributed by atoms with van der Waals surface area (Å²) in [5.41, 5.74) is 2.45. The summed E-state index contributed by atoms with van der Waals surface area (Å²) in [6, 6.07) is 11.0. The van der Waals surface area contributed by atoms with Gasteiger partial charge >= 0.3 is 0 Å². The van der Waals surface area contributed by atoms with Crippen LogP contribution < -0.4 is 5.32 Å². The predicted octanol–water partition coefficient (Wildman–Crippen LogP) is 2.18. The Morgan fingerprint density at radius 1 is 1.50 bits per heavy atom. The molecule has 1 N–H and O–H groups in total. The second-order valence-electron chi connectivity index (χ2n) is 3.73. The molecule has 1 fully saturated rings. The van der Waals surface area contributed by atoms with Crippen LogP contribution >= 0.6 is 0 Å². The minimum atomic E-state index is 0.508. The lowest BCUT2D eigenvalue weighted by Gasteiger charge is -2.10. The van der Waals surface area contributed by atoms with Gasteiger partial charge in [0.05, 0.1) is 12.5 Å². The van der Waals surface area contributed by atoms with Crippen molar-refractivity contribution in [3.63, 3.8) is 0 Å². The van der Waals surface area contributed by atoms with Crippen LogP contribution in [-0.4, -0.2) is 6.54 Å². The molecular formula is C12H14N2. The van der Waals surface area contributed by atoms with Gasteiger partial charge in [-0.2, -0.15) is 5.26 Å². The smallest absolute Gasteiger partial charge is 0.0669 e. The highest BCUT2D eigenvalue weighted by atomic mass is 14.9. The van der Waals surface area contributed by atoms with Crippen LogP contribution in [0.4, 0.5) is 0 Å². The van der Waals surface area contributed by atoms with Crippen LogP contribution in [0.15, 0.2) is 24.3 Å². The summed E-state index contributed by atoms with van der Waals surface area (Å²) in [5, 5.41) is 12.1. The molecule has 1 aromatic carbocycles. The average molecular weight is 186 g/mol. The van der Waals surface area contributed by atoms with Crippen LogP contribution in [-0.2, 0) is 6.42 Å². The molecule has 1 aliphatic rings. The molecule has 1 atom stereocenters. The Morgan fingerprint density at radius 2 is 2.43 bits per heavy atom. The molecule has 1 aliphatic heterocycles. The summed E-state index contributed by atoms with van der Waals surface area (Å²) in [7, 11) is 0. The lowest BCUT2D eigenvalue weighted by atomic mass is 10.0. The summed E-state index contributed by atoms with van der Waals surface area (Å²) in [6.45, 7) is 1.12. The third kappa shape index (κ3) is 1.94. The van der Waals surface area contributed by atoms with Crippen molar-refractivity contribution >= 4 is 0 Å². The van der Waals surface area contributed by atoms with Crippen molar-refractivity contribution in [2.45, 2.75) is 25.3 Å². The predicted molar refractivity (Wildman–Crippen MR) is 55.7 cm³/mol. The Morgan fingerprint density at radius 3 is 3.14 bits per heavy atom. The van der Waals surface area contributed by atoms with Gasteiger partial charge < -0.3 is 5.32 Å². The van der Waals surface area contributed by atoms with Gasteiger partial charge in [-0.05, 0) is 30.5 Å². The summed E-state index contributed by atoms with van der Waals surface area (Å²) < 4.78 is 0. The van der Waals surface area contributed by atoms with E-state index >= 15 is 0 Å². The third-order valence-electron chi connectivity index (χ3n) is 2.70. The van der Waals surface area contributed by atoms with Gasteiger partial charge in [-0.3, -0.25) is 0 Å². The maximum Gasteiger partial charge on any atom is 0.0669 e. The van der Waals surface area contributed by atoms with E-state index < -0.39 is 0 Å². The van der Waals surface area contributed by atoms with Gasteiger partial charge in [0.2, 0.25) is 0 Å². The average Bonchev–Trinajstić information content (AvgIpc) is 2.71. The molecular weight excluding hydrogens is 172 g/mol. The van der Waals surface area contributed by atoms with Crippen molar-refractivity contribution in [3.05, 3.63) is 35.4 Å². The Kier molecular flexibility index (Phi) is 2.81. The van der Waals surface area contributed by atoms with E-state index in [1.165, 1.54) is 18.4 Å². The zero-order chi connectivity index (χ0) is 9.80. The SMILES string of the molecule is N#CCc1cccc(C2CCCN2)c1. The second kappa shape index (κ2) is 4.26. The van der Waals surface area contributed by atoms with Crippen LogP contribution in [0.5, 0.6) is 0 Å². The normalized spacial score (nSPS) is 20.6. The Hall–Kier alpha value is -1.33. The highest BCUT2D eigenvalue weighted by Crippen LogP contribution is 2.23. The van der Waals surface area contributed by atoms with E-state index in [9.17, 15) is 0 Å². The number of rotatable bonds is 2. The first-order valence-corrected chi connectivity index (χ1v) is 5.09. The summed E-state index contributed by atoms with van der Waals surface area (Å²) >= 11 is 0. The molecule has 2 nitrogen and oxygen atoms in total. The molecule has 1 heterocycles. The molecule has 0 saturated carbocycles. The van der Waals surface area contributed by atoms with Gasteiger partial charge in [0.1, 0.15) is 0 Å². The molecule has 0 amide bonds. The Bertz CT molecular complexity index is 346. The first-order valence-electron chi connectivity index (χ1n) is 5.09. The van der Waals surface area contributed by atoms with Crippen molar-refractivity contribution in [1.82, 2.24) is 5.32 Å². The number of nitrogens with one attached hydrogen (secondary N) is 1. The fraction of sp³-hybridized carbons (Fsp3) is 0.417. The van der Waals surface area contributed by atoms with Crippen molar-refractivity contribution in [2.75, 3.05) is 6.54 Å². The first-order chi connectivity index (χ1) is 6.90. The molecule has 0 bridgehead atoms. The molecule has 0 radical (unpaired) electrons. The van der Waals surface area contributed by atoms with Crippen molar-refractivity contribution in [2.24, 2.45) is 0 Å². The molecule has 1 aromatic rings. The molecule has 1 unspecified atom stereocenters. The monoisotopic (exact) mass is 186 g/mol. The molecule has 1 saturated heterocycles. The molecule has 0 aliphatic carbocycles. The van der Waals surface area contributed by atoms with Crippen molar-refractivity contribution in [3.8, 4) is 6.07 Å². The number of hydrogen-bond donors (Lipinski definition) is 1. The lowest BCUT2D eigenvalue weighted by Crippen LogP contribution is -2.12. The lowest BCUT2D eigenvalue weighted by molar-refractivity contribution is 0.647. The van der Waals surface area contributed by atoms with Crippen LogP contribution in [0.2, 0.25) is 0 Å². The van der Waals surface area contributed by atoms with Gasteiger partial charge in [-0.1, -0.05) is 24.3 Å². The fourth-order valence-corrected chi connectivity index (χ4v) is 1.98. The first kappa shape index (κ1) is 9.23. The van der Waals surface area contributed by atoms with Gasteiger partial charge in [-0.25, -0.2) is 0 Å². The summed E-state index contributed by atoms with van der Waals surface area (Å²) in [6.07, 6.45) is 2.99. The van der Waals surface area contributed by atoms with Crippen molar-refractivity contribution < 1.29 is 0 Å². The zero-order valence-electron chi connectivity index (χ0n) is 8.16. The van der Waals surface area contributed by atoms with Crippen LogP contribution in [0.1, 0.15) is 30.0 Å². The minimum absolute atomic E-state index is 0.508. The largest absolute Gasteiger partial charge is 0.310 e. The van der Waals surface area contributed by atoms with E-state index in [0.29, 0.717) is 12.5 Å². The van der Waals surface area contributed by atoms with E-state index in [1.807, 2.05) is 12.1 Å². The number of hydrogen-bond acceptors (Lipinski definition) is 2. The van der Waals surface area contributed by atoms with Crippen LogP contribution in [0.25, 0.3) is 0 Å². The van der Waals surface area contributed by atoms with E-state index in [-0.39, 0.29) is 0 Å². The third-order valence-corrected chi connectivity index (χ3v) is 2.70. The molecule has 0 aromatic heterocycles. The second-order valence-corrected chi connectivity index (χ2v) is 3.73. The molecule has 72 valence electrons. The molecule has 0 spiro atoms. The molecule has 14 heavy (non-hydrogen) atoms. The molecule has 2 heteroatoms. The van der Waals surface area contributed by atoms with E-state index in [2.05, 4.69) is 23.5 Å². The Balaban J connectivity index is 2.17. The van der Waals surface area contributed by atoms with Gasteiger partial charge in [0.25, 0.3) is 0 Å². The maximum absolute atomic E-state index is 8.61. The standard InChI is InChI=1S/C12H14N2/c13-7-6-10-3-1-4-11(9-10)12-5-2-8-14-12/h1,3-4,9,12,14H,2,5-6,8H2. The molecule has 2 rings (SSSR count). The van der Waals surface area contributed by atoms with Gasteiger partial charge in [0.15, 0.2) is 0 Å². The zero-order valence-corrected chi connectivity index (χ0v) is 8.16. The number of benzene rings is 1. The van der Waals surface area contributed by atoms with Crippen LogP contribution in [0.3, 0.4) is 0 Å². The fourth-order valence-electron chi connectivity index (χ4n) is 1.98. The maximum atomic E-state index is 8.61.